The van der Waals surface area contributed by atoms with Crippen molar-refractivity contribution in [3.05, 3.63) is 59.1 Å². The molecular weight excluding hydrogens is 448 g/mol. The number of phenols is 1. The third kappa shape index (κ3) is 3.38. The van der Waals surface area contributed by atoms with E-state index >= 15 is 0 Å². The van der Waals surface area contributed by atoms with Crippen LogP contribution in [-0.4, -0.2) is 31.6 Å². The molecule has 2 aromatic heterocycles. The maximum Gasteiger partial charge on any atom is 0.250 e. The van der Waals surface area contributed by atoms with Gasteiger partial charge in [-0.25, -0.2) is 4.98 Å². The summed E-state index contributed by atoms with van der Waals surface area (Å²) >= 11 is 10.8. The highest BCUT2D eigenvalue weighted by Gasteiger charge is 2.50. The molecule has 2 aromatic carbocycles. The zero-order valence-electron chi connectivity index (χ0n) is 14.7. The van der Waals surface area contributed by atoms with Crippen LogP contribution in [0.2, 0.25) is 0 Å². The predicted molar refractivity (Wildman–Crippen MR) is 117 cm³/mol. The quantitative estimate of drug-likeness (QED) is 0.261. The molecule has 1 aliphatic rings. The van der Waals surface area contributed by atoms with Gasteiger partial charge in [-0.1, -0.05) is 53.4 Å². The van der Waals surface area contributed by atoms with Crippen molar-refractivity contribution in [1.29, 1.82) is 0 Å². The number of halogens is 1. The van der Waals surface area contributed by atoms with Crippen LogP contribution in [0.4, 0.5) is 5.13 Å². The molecule has 10 heteroatoms. The van der Waals surface area contributed by atoms with E-state index in [1.165, 1.54) is 16.2 Å². The number of benzene rings is 2. The molecule has 0 spiro atoms. The first-order valence-corrected chi connectivity index (χ1v) is 11.7. The van der Waals surface area contributed by atoms with Gasteiger partial charge >= 0.3 is 0 Å². The third-order valence-electron chi connectivity index (χ3n) is 4.54. The fourth-order valence-electron chi connectivity index (χ4n) is 3.14. The van der Waals surface area contributed by atoms with E-state index in [0.29, 0.717) is 16.4 Å². The lowest BCUT2D eigenvalue weighted by Crippen LogP contribution is -2.56. The maximum absolute atomic E-state index is 12.4. The number of thiazole rings is 1. The number of rotatable bonds is 5. The molecule has 6 nitrogen and oxygen atoms in total. The molecule has 1 saturated heterocycles. The van der Waals surface area contributed by atoms with Crippen molar-refractivity contribution < 1.29 is 9.90 Å². The lowest BCUT2D eigenvalue weighted by atomic mass is 9.93. The van der Waals surface area contributed by atoms with Crippen molar-refractivity contribution in [3.63, 3.8) is 0 Å². The number of hydrogen-bond acceptors (Lipinski definition) is 8. The Balaban J connectivity index is 1.33. The summed E-state index contributed by atoms with van der Waals surface area (Å²) in [5.41, 5.74) is 1.59. The number of phenolic OH excluding ortho intramolecular Hbond substituents is 1. The van der Waals surface area contributed by atoms with Crippen molar-refractivity contribution >= 4 is 67.3 Å². The van der Waals surface area contributed by atoms with Crippen LogP contribution in [0, 0.1) is 0 Å². The number of thioether (sulfide) groups is 1. The summed E-state index contributed by atoms with van der Waals surface area (Å²) in [5.74, 6) is 0.490. The van der Waals surface area contributed by atoms with Crippen LogP contribution in [0.5, 0.6) is 5.75 Å². The molecule has 1 aliphatic heterocycles. The van der Waals surface area contributed by atoms with Gasteiger partial charge in [0.2, 0.25) is 11.0 Å². The van der Waals surface area contributed by atoms with Gasteiger partial charge < -0.3 is 5.11 Å². The van der Waals surface area contributed by atoms with E-state index in [9.17, 15) is 9.90 Å². The van der Waals surface area contributed by atoms with Gasteiger partial charge in [0.15, 0.2) is 4.34 Å². The first-order chi connectivity index (χ1) is 14.1. The predicted octanol–water partition coefficient (Wildman–Crippen LogP) is 4.84. The van der Waals surface area contributed by atoms with E-state index in [4.69, 9.17) is 11.6 Å². The molecule has 0 radical (unpaired) electrons. The van der Waals surface area contributed by atoms with Gasteiger partial charge in [-0.2, -0.15) is 0 Å². The molecule has 1 fully saturated rings. The van der Waals surface area contributed by atoms with Crippen LogP contribution >= 0.6 is 46.0 Å². The molecule has 3 heterocycles. The number of hydrogen-bond donors (Lipinski definition) is 1. The Kier molecular flexibility index (Phi) is 4.91. The number of nitrogens with zero attached hydrogens (tertiary/aromatic N) is 4. The molecular formula is C19H13ClN4O2S3. The molecule has 0 saturated carbocycles. The molecule has 0 bridgehead atoms. The molecule has 29 heavy (non-hydrogen) atoms. The topological polar surface area (TPSA) is 79.2 Å². The van der Waals surface area contributed by atoms with Crippen molar-refractivity contribution in [3.8, 4) is 5.75 Å². The first kappa shape index (κ1) is 18.8. The summed E-state index contributed by atoms with van der Waals surface area (Å²) in [4.78, 5) is 18.5. The fraction of sp³-hybridized carbons (Fsp3) is 0.158. The SMILES string of the molecule is O=C1C(Cl)C(c2ccccc2O)N1c1nnc(CSc2nc3ccccc3s2)s1. The van der Waals surface area contributed by atoms with Crippen molar-refractivity contribution in [2.45, 2.75) is 21.5 Å². The molecule has 0 aliphatic carbocycles. The van der Waals surface area contributed by atoms with Crippen LogP contribution < -0.4 is 4.90 Å². The van der Waals surface area contributed by atoms with E-state index in [2.05, 4.69) is 21.2 Å². The van der Waals surface area contributed by atoms with Crippen LogP contribution in [-0.2, 0) is 10.5 Å². The normalized spacial score (nSPS) is 18.9. The fourth-order valence-corrected chi connectivity index (χ4v) is 6.43. The Morgan fingerprint density at radius 2 is 1.90 bits per heavy atom. The van der Waals surface area contributed by atoms with E-state index in [1.54, 1.807) is 47.4 Å². The highest BCUT2D eigenvalue weighted by atomic mass is 35.5. The minimum atomic E-state index is -0.729. The largest absolute Gasteiger partial charge is 0.508 e. The minimum absolute atomic E-state index is 0.108. The molecule has 1 amide bonds. The molecule has 1 N–H and O–H groups in total. The van der Waals surface area contributed by atoms with E-state index < -0.39 is 11.4 Å². The second-order valence-corrected chi connectivity index (χ2v) is 10.1. The Labute approximate surface area is 183 Å². The summed E-state index contributed by atoms with van der Waals surface area (Å²) in [6.45, 7) is 0. The first-order valence-electron chi connectivity index (χ1n) is 8.67. The van der Waals surface area contributed by atoms with E-state index in [-0.39, 0.29) is 11.7 Å². The molecule has 146 valence electrons. The Hall–Kier alpha value is -2.20. The van der Waals surface area contributed by atoms with Gasteiger partial charge in [0, 0.05) is 5.56 Å². The standard InChI is InChI=1S/C19H13ClN4O2S3/c20-15-16(10-5-1-3-7-12(10)25)24(17(15)26)18-23-22-14(29-18)9-27-19-21-11-6-2-4-8-13(11)28-19/h1-8,15-16,25H,9H2. The van der Waals surface area contributed by atoms with Gasteiger partial charge in [-0.05, 0) is 18.2 Å². The molecule has 4 aromatic rings. The Morgan fingerprint density at radius 3 is 2.72 bits per heavy atom. The number of aromatic hydroxyl groups is 1. The number of carbonyl (C=O) groups is 1. The number of aromatic nitrogens is 3. The van der Waals surface area contributed by atoms with E-state index in [0.717, 1.165) is 19.6 Å². The highest BCUT2D eigenvalue weighted by molar-refractivity contribution is 8.00. The van der Waals surface area contributed by atoms with Crippen molar-refractivity contribution in [1.82, 2.24) is 15.2 Å². The summed E-state index contributed by atoms with van der Waals surface area (Å²) in [7, 11) is 0. The van der Waals surface area contributed by atoms with Gasteiger partial charge in [0.25, 0.3) is 0 Å². The van der Waals surface area contributed by atoms with Gasteiger partial charge in [0.05, 0.1) is 22.0 Å². The average molecular weight is 461 g/mol. The van der Waals surface area contributed by atoms with Gasteiger partial charge in [-0.3, -0.25) is 9.69 Å². The summed E-state index contributed by atoms with van der Waals surface area (Å²) < 4.78 is 2.12. The van der Waals surface area contributed by atoms with Crippen LogP contribution in [0.15, 0.2) is 52.9 Å². The Bertz CT molecular complexity index is 1180. The third-order valence-corrected chi connectivity index (χ3v) is 8.26. The molecule has 2 unspecified atom stereocenters. The lowest BCUT2D eigenvalue weighted by molar-refractivity contribution is -0.123. The zero-order valence-corrected chi connectivity index (χ0v) is 17.9. The summed E-state index contributed by atoms with van der Waals surface area (Å²) in [5, 5.41) is 19.1. The Morgan fingerprint density at radius 1 is 1.10 bits per heavy atom. The number of carbonyl (C=O) groups excluding carboxylic acids is 1. The van der Waals surface area contributed by atoms with E-state index in [1.807, 2.05) is 18.2 Å². The second kappa shape index (κ2) is 7.56. The second-order valence-electron chi connectivity index (χ2n) is 6.33. The average Bonchev–Trinajstić information content (AvgIpc) is 3.36. The minimum Gasteiger partial charge on any atom is -0.508 e. The maximum atomic E-state index is 12.4. The monoisotopic (exact) mass is 460 g/mol. The lowest BCUT2D eigenvalue weighted by Gasteiger charge is -2.42. The number of anilines is 1. The molecule has 5 rings (SSSR count). The molecule has 2 atom stereocenters. The van der Waals surface area contributed by atoms with Gasteiger partial charge in [-0.15, -0.1) is 33.1 Å². The zero-order chi connectivity index (χ0) is 20.0. The number of alkyl halides is 1. The van der Waals surface area contributed by atoms with Gasteiger partial charge in [0.1, 0.15) is 16.1 Å². The smallest absolute Gasteiger partial charge is 0.250 e. The van der Waals surface area contributed by atoms with Crippen LogP contribution in [0.1, 0.15) is 16.6 Å². The highest BCUT2D eigenvalue weighted by Crippen LogP contribution is 2.45. The number of para-hydroxylation sites is 2. The summed E-state index contributed by atoms with van der Waals surface area (Å²) in [6.07, 6.45) is 0. The number of fused-ring (bicyclic) bond motifs is 1. The van der Waals surface area contributed by atoms with Crippen LogP contribution in [0.25, 0.3) is 10.2 Å². The summed E-state index contributed by atoms with van der Waals surface area (Å²) in [6, 6.07) is 14.5. The van der Waals surface area contributed by atoms with Crippen LogP contribution in [0.3, 0.4) is 0 Å². The number of β-lactam (4-membered cyclic amide) rings is 1. The number of amides is 1. The van der Waals surface area contributed by atoms with Crippen molar-refractivity contribution in [2.75, 3.05) is 4.90 Å². The van der Waals surface area contributed by atoms with Crippen molar-refractivity contribution in [2.24, 2.45) is 0 Å².